The summed E-state index contributed by atoms with van der Waals surface area (Å²) in [5.41, 5.74) is 0. The lowest BCUT2D eigenvalue weighted by molar-refractivity contribution is -0.140. The van der Waals surface area contributed by atoms with Crippen LogP contribution in [0.1, 0.15) is 12.8 Å². The van der Waals surface area contributed by atoms with Crippen LogP contribution in [-0.2, 0) is 14.3 Å². The maximum absolute atomic E-state index is 11.7. The Bertz CT molecular complexity index is 349. The van der Waals surface area contributed by atoms with Crippen molar-refractivity contribution in [1.29, 1.82) is 0 Å². The third kappa shape index (κ3) is 6.87. The Morgan fingerprint density at radius 1 is 1.11 bits per heavy atom. The van der Waals surface area contributed by atoms with E-state index < -0.39 is 36.9 Å². The van der Waals surface area contributed by atoms with Crippen LogP contribution in [0, 0.1) is 0 Å². The molecule has 0 fully saturated rings. The largest absolute Gasteiger partial charge is 0.481 e. The fourth-order valence-electron chi connectivity index (χ4n) is 1.42. The molecule has 0 aromatic carbocycles. The molecule has 0 aliphatic rings. The van der Waals surface area contributed by atoms with Crippen molar-refractivity contribution in [2.75, 3.05) is 13.2 Å². The summed E-state index contributed by atoms with van der Waals surface area (Å²) in [6, 6.07) is -0.995. The highest BCUT2D eigenvalue weighted by atomic mass is 16.6. The minimum absolute atomic E-state index is 0.00119. The van der Waals surface area contributed by atoms with Crippen LogP contribution < -0.4 is 0 Å². The van der Waals surface area contributed by atoms with Crippen molar-refractivity contribution in [3.8, 4) is 0 Å². The summed E-state index contributed by atoms with van der Waals surface area (Å²) in [7, 11) is 0. The van der Waals surface area contributed by atoms with Crippen LogP contribution in [0.15, 0.2) is 25.3 Å². The van der Waals surface area contributed by atoms with Crippen LogP contribution in [0.5, 0.6) is 0 Å². The number of ether oxygens (including phenoxy) is 1. The molecular formula is C12H17NO6. The average molecular weight is 271 g/mol. The van der Waals surface area contributed by atoms with Gasteiger partial charge in [0.15, 0.2) is 0 Å². The summed E-state index contributed by atoms with van der Waals surface area (Å²) in [4.78, 5) is 34.2. The van der Waals surface area contributed by atoms with E-state index in [1.807, 2.05) is 0 Å². The smallest absolute Gasteiger partial charge is 0.410 e. The molecule has 7 nitrogen and oxygen atoms in total. The van der Waals surface area contributed by atoms with Gasteiger partial charge < -0.3 is 19.8 Å². The van der Waals surface area contributed by atoms with Gasteiger partial charge in [0.2, 0.25) is 0 Å². The molecule has 0 heterocycles. The van der Waals surface area contributed by atoms with Gasteiger partial charge in [-0.25, -0.2) is 4.79 Å². The highest BCUT2D eigenvalue weighted by Gasteiger charge is 2.28. The second-order valence-corrected chi connectivity index (χ2v) is 3.66. The third-order valence-electron chi connectivity index (χ3n) is 2.15. The van der Waals surface area contributed by atoms with Gasteiger partial charge in [0.25, 0.3) is 0 Å². The molecule has 2 N–H and O–H groups in total. The Hall–Kier alpha value is -2.31. The van der Waals surface area contributed by atoms with E-state index in [-0.39, 0.29) is 13.2 Å². The molecule has 0 aromatic heterocycles. The Morgan fingerprint density at radius 3 is 2.00 bits per heavy atom. The van der Waals surface area contributed by atoms with Crippen molar-refractivity contribution in [1.82, 2.24) is 4.90 Å². The number of carboxylic acid groups (broad SMARTS) is 2. The molecule has 7 heteroatoms. The molecule has 106 valence electrons. The average Bonchev–Trinajstić information content (AvgIpc) is 2.31. The van der Waals surface area contributed by atoms with Crippen LogP contribution in [0.2, 0.25) is 0 Å². The molecule has 19 heavy (non-hydrogen) atoms. The van der Waals surface area contributed by atoms with E-state index in [0.29, 0.717) is 0 Å². The summed E-state index contributed by atoms with van der Waals surface area (Å²) in [6.07, 6.45) is 0.957. The molecule has 0 saturated heterocycles. The van der Waals surface area contributed by atoms with Crippen molar-refractivity contribution in [2.45, 2.75) is 18.9 Å². The first-order valence-electron chi connectivity index (χ1n) is 5.51. The van der Waals surface area contributed by atoms with Gasteiger partial charge in [0.05, 0.1) is 18.9 Å². The molecule has 0 atom stereocenters. The summed E-state index contributed by atoms with van der Waals surface area (Å²) in [5.74, 6) is -2.39. The lowest BCUT2D eigenvalue weighted by atomic mass is 10.1. The van der Waals surface area contributed by atoms with Crippen LogP contribution >= 0.6 is 0 Å². The number of carboxylic acids is 2. The molecule has 1 amide bonds. The Kier molecular flexibility index (Phi) is 7.67. The molecule has 0 aliphatic carbocycles. The van der Waals surface area contributed by atoms with Gasteiger partial charge >= 0.3 is 18.0 Å². The number of carbonyl (C=O) groups is 3. The summed E-state index contributed by atoms with van der Waals surface area (Å²) in [5, 5.41) is 17.5. The second kappa shape index (κ2) is 8.73. The standard InChI is InChI=1S/C12H17NO6/c1-3-5-13(12(18)19-6-4-2)9(7-10(14)15)8-11(16)17/h3-4,9H,1-2,5-8H2,(H,14,15)(H,16,17). The molecule has 0 bridgehead atoms. The summed E-state index contributed by atoms with van der Waals surface area (Å²) < 4.78 is 4.79. The maximum atomic E-state index is 11.7. The Labute approximate surface area is 110 Å². The lowest BCUT2D eigenvalue weighted by Crippen LogP contribution is -2.43. The molecule has 0 rings (SSSR count). The first-order chi connectivity index (χ1) is 8.92. The van der Waals surface area contributed by atoms with Crippen molar-refractivity contribution >= 4 is 18.0 Å². The minimum Gasteiger partial charge on any atom is -0.481 e. The third-order valence-corrected chi connectivity index (χ3v) is 2.15. The van der Waals surface area contributed by atoms with Gasteiger partial charge in [-0.15, -0.1) is 6.58 Å². The number of amides is 1. The van der Waals surface area contributed by atoms with Crippen LogP contribution in [-0.4, -0.2) is 52.3 Å². The first-order valence-corrected chi connectivity index (χ1v) is 5.51. The van der Waals surface area contributed by atoms with Crippen molar-refractivity contribution in [3.05, 3.63) is 25.3 Å². The van der Waals surface area contributed by atoms with Gasteiger partial charge in [-0.05, 0) is 0 Å². The SMILES string of the molecule is C=CCOC(=O)N(CC=C)C(CC(=O)O)CC(=O)O. The number of aliphatic carboxylic acids is 2. The predicted octanol–water partition coefficient (Wildman–Crippen LogP) is 1.11. The second-order valence-electron chi connectivity index (χ2n) is 3.66. The van der Waals surface area contributed by atoms with Gasteiger partial charge in [-0.2, -0.15) is 0 Å². The van der Waals surface area contributed by atoms with Crippen molar-refractivity contribution < 1.29 is 29.3 Å². The molecule has 0 aliphatic heterocycles. The molecule has 0 aromatic rings. The monoisotopic (exact) mass is 271 g/mol. The van der Waals surface area contributed by atoms with E-state index in [9.17, 15) is 14.4 Å². The number of hydrogen-bond acceptors (Lipinski definition) is 4. The maximum Gasteiger partial charge on any atom is 0.410 e. The quantitative estimate of drug-likeness (QED) is 0.609. The molecule has 0 saturated carbocycles. The molecular weight excluding hydrogens is 254 g/mol. The number of hydrogen-bond donors (Lipinski definition) is 2. The number of rotatable bonds is 9. The molecule has 0 unspecified atom stereocenters. The van der Waals surface area contributed by atoms with Crippen LogP contribution in [0.4, 0.5) is 4.79 Å². The zero-order valence-corrected chi connectivity index (χ0v) is 10.4. The van der Waals surface area contributed by atoms with Crippen LogP contribution in [0.3, 0.4) is 0 Å². The van der Waals surface area contributed by atoms with E-state index in [4.69, 9.17) is 14.9 Å². The van der Waals surface area contributed by atoms with Crippen molar-refractivity contribution in [3.63, 3.8) is 0 Å². The van der Waals surface area contributed by atoms with Crippen LogP contribution in [0.25, 0.3) is 0 Å². The van der Waals surface area contributed by atoms with E-state index in [0.717, 1.165) is 4.90 Å². The highest BCUT2D eigenvalue weighted by Crippen LogP contribution is 2.11. The minimum atomic E-state index is -1.20. The molecule has 0 spiro atoms. The van der Waals surface area contributed by atoms with E-state index >= 15 is 0 Å². The first kappa shape index (κ1) is 16.7. The van der Waals surface area contributed by atoms with Gasteiger partial charge in [0, 0.05) is 6.54 Å². The normalized spacial score (nSPS) is 9.74. The molecule has 0 radical (unpaired) electrons. The van der Waals surface area contributed by atoms with Gasteiger partial charge in [-0.3, -0.25) is 9.59 Å². The Balaban J connectivity index is 4.95. The topological polar surface area (TPSA) is 104 Å². The fraction of sp³-hybridized carbons (Fsp3) is 0.417. The predicted molar refractivity (Wildman–Crippen MR) is 66.7 cm³/mol. The summed E-state index contributed by atoms with van der Waals surface area (Å²) in [6.45, 7) is 6.77. The fourth-order valence-corrected chi connectivity index (χ4v) is 1.42. The van der Waals surface area contributed by atoms with Gasteiger partial charge in [-0.1, -0.05) is 18.7 Å². The number of nitrogens with zero attached hydrogens (tertiary/aromatic N) is 1. The zero-order chi connectivity index (χ0) is 14.8. The van der Waals surface area contributed by atoms with Crippen molar-refractivity contribution in [2.24, 2.45) is 0 Å². The van der Waals surface area contributed by atoms with E-state index in [1.165, 1.54) is 12.2 Å². The Morgan fingerprint density at radius 2 is 1.63 bits per heavy atom. The highest BCUT2D eigenvalue weighted by molar-refractivity contribution is 5.75. The van der Waals surface area contributed by atoms with Gasteiger partial charge in [0.1, 0.15) is 6.61 Å². The summed E-state index contributed by atoms with van der Waals surface area (Å²) >= 11 is 0. The van der Waals surface area contributed by atoms with E-state index in [2.05, 4.69) is 13.2 Å². The zero-order valence-electron chi connectivity index (χ0n) is 10.4. The lowest BCUT2D eigenvalue weighted by Gasteiger charge is -2.28. The number of carbonyl (C=O) groups excluding carboxylic acids is 1. The van der Waals surface area contributed by atoms with E-state index in [1.54, 1.807) is 0 Å².